The van der Waals surface area contributed by atoms with E-state index in [1.54, 1.807) is 0 Å². The summed E-state index contributed by atoms with van der Waals surface area (Å²) in [5, 5.41) is 0.644. The molecule has 0 saturated heterocycles. The number of imidazole rings is 1. The lowest BCUT2D eigenvalue weighted by atomic mass is 10.2. The number of para-hydroxylation sites is 3. The molecule has 4 aromatic rings. The van der Waals surface area contributed by atoms with Gasteiger partial charge in [-0.2, -0.15) is 0 Å². The molecule has 0 amide bonds. The minimum absolute atomic E-state index is 0.602. The monoisotopic (exact) mass is 362 g/mol. The number of aryl methyl sites for hydroxylation is 1. The molecule has 0 radical (unpaired) electrons. The van der Waals surface area contributed by atoms with Gasteiger partial charge in [-0.1, -0.05) is 66.2 Å². The molecule has 4 rings (SSSR count). The van der Waals surface area contributed by atoms with Crippen LogP contribution in [0, 0.1) is 0 Å². The van der Waals surface area contributed by atoms with E-state index in [0.717, 1.165) is 41.1 Å². The van der Waals surface area contributed by atoms with Gasteiger partial charge >= 0.3 is 0 Å². The average Bonchev–Trinajstić information content (AvgIpc) is 3.06. The van der Waals surface area contributed by atoms with Crippen LogP contribution in [-0.2, 0) is 6.54 Å². The Kier molecular flexibility index (Phi) is 4.89. The SMILES string of the molecule is Clc1ccccc1OCCCn1c(-c2ccccc2)nc2ccccc21. The third-order valence-corrected chi connectivity index (χ3v) is 4.62. The summed E-state index contributed by atoms with van der Waals surface area (Å²) in [6.45, 7) is 1.43. The highest BCUT2D eigenvalue weighted by atomic mass is 35.5. The lowest BCUT2D eigenvalue weighted by molar-refractivity contribution is 0.303. The van der Waals surface area contributed by atoms with Gasteiger partial charge in [-0.3, -0.25) is 0 Å². The molecule has 0 fully saturated rings. The topological polar surface area (TPSA) is 27.1 Å². The van der Waals surface area contributed by atoms with Gasteiger partial charge in [0.15, 0.2) is 0 Å². The molecule has 0 aliphatic carbocycles. The van der Waals surface area contributed by atoms with Crippen LogP contribution in [0.15, 0.2) is 78.9 Å². The fourth-order valence-electron chi connectivity index (χ4n) is 3.08. The van der Waals surface area contributed by atoms with Crippen molar-refractivity contribution in [3.8, 4) is 17.1 Å². The van der Waals surface area contributed by atoms with Gasteiger partial charge in [0, 0.05) is 12.1 Å². The third-order valence-electron chi connectivity index (χ3n) is 4.31. The van der Waals surface area contributed by atoms with E-state index in [1.165, 1.54) is 0 Å². The van der Waals surface area contributed by atoms with E-state index in [0.29, 0.717) is 11.6 Å². The summed E-state index contributed by atoms with van der Waals surface area (Å²) in [6, 6.07) is 26.1. The average molecular weight is 363 g/mol. The highest BCUT2D eigenvalue weighted by molar-refractivity contribution is 6.32. The Balaban J connectivity index is 1.55. The van der Waals surface area contributed by atoms with Crippen LogP contribution in [0.5, 0.6) is 5.75 Å². The van der Waals surface area contributed by atoms with Gasteiger partial charge < -0.3 is 9.30 Å². The Morgan fingerprint density at radius 3 is 2.42 bits per heavy atom. The van der Waals surface area contributed by atoms with Crippen LogP contribution in [-0.4, -0.2) is 16.2 Å². The highest BCUT2D eigenvalue weighted by Crippen LogP contribution is 2.26. The Hall–Kier alpha value is -2.78. The molecule has 0 saturated carbocycles. The maximum absolute atomic E-state index is 6.15. The van der Waals surface area contributed by atoms with Crippen molar-refractivity contribution in [2.75, 3.05) is 6.61 Å². The molecule has 0 aliphatic heterocycles. The molecular weight excluding hydrogens is 344 g/mol. The van der Waals surface area contributed by atoms with Crippen molar-refractivity contribution in [2.45, 2.75) is 13.0 Å². The molecule has 1 heterocycles. The van der Waals surface area contributed by atoms with Gasteiger partial charge in [-0.25, -0.2) is 4.98 Å². The second-order valence-corrected chi connectivity index (χ2v) is 6.48. The predicted molar refractivity (Wildman–Crippen MR) is 107 cm³/mol. The molecule has 0 unspecified atom stereocenters. The fraction of sp³-hybridized carbons (Fsp3) is 0.136. The lowest BCUT2D eigenvalue weighted by Gasteiger charge is -2.11. The van der Waals surface area contributed by atoms with Crippen LogP contribution in [0.3, 0.4) is 0 Å². The summed E-state index contributed by atoms with van der Waals surface area (Å²) in [5.41, 5.74) is 3.28. The maximum Gasteiger partial charge on any atom is 0.141 e. The molecule has 0 bridgehead atoms. The molecule has 3 nitrogen and oxygen atoms in total. The lowest BCUT2D eigenvalue weighted by Crippen LogP contribution is -2.06. The Morgan fingerprint density at radius 2 is 1.58 bits per heavy atom. The number of halogens is 1. The Morgan fingerprint density at radius 1 is 0.846 bits per heavy atom. The number of ether oxygens (including phenoxy) is 1. The zero-order chi connectivity index (χ0) is 17.8. The van der Waals surface area contributed by atoms with Crippen molar-refractivity contribution in [3.63, 3.8) is 0 Å². The summed E-state index contributed by atoms with van der Waals surface area (Å²) in [6.07, 6.45) is 0.866. The van der Waals surface area contributed by atoms with Crippen LogP contribution in [0.4, 0.5) is 0 Å². The van der Waals surface area contributed by atoms with Crippen molar-refractivity contribution in [1.29, 1.82) is 0 Å². The molecule has 1 aromatic heterocycles. The fourth-order valence-corrected chi connectivity index (χ4v) is 3.27. The van der Waals surface area contributed by atoms with Crippen LogP contribution in [0.2, 0.25) is 5.02 Å². The van der Waals surface area contributed by atoms with Gasteiger partial charge in [-0.15, -0.1) is 0 Å². The number of benzene rings is 3. The zero-order valence-electron chi connectivity index (χ0n) is 14.3. The van der Waals surface area contributed by atoms with Crippen molar-refractivity contribution in [1.82, 2.24) is 9.55 Å². The summed E-state index contributed by atoms with van der Waals surface area (Å²) in [5.74, 6) is 1.72. The van der Waals surface area contributed by atoms with E-state index in [9.17, 15) is 0 Å². The Bertz CT molecular complexity index is 1010. The van der Waals surface area contributed by atoms with Gasteiger partial charge in [0.1, 0.15) is 11.6 Å². The summed E-state index contributed by atoms with van der Waals surface area (Å²) >= 11 is 6.15. The minimum Gasteiger partial charge on any atom is -0.492 e. The maximum atomic E-state index is 6.15. The first-order valence-electron chi connectivity index (χ1n) is 8.71. The van der Waals surface area contributed by atoms with E-state index in [2.05, 4.69) is 34.9 Å². The zero-order valence-corrected chi connectivity index (χ0v) is 15.1. The number of rotatable bonds is 6. The predicted octanol–water partition coefficient (Wildman–Crippen LogP) is 5.83. The molecule has 4 heteroatoms. The first-order valence-corrected chi connectivity index (χ1v) is 9.09. The van der Waals surface area contributed by atoms with Crippen LogP contribution >= 0.6 is 11.6 Å². The van der Waals surface area contributed by atoms with Gasteiger partial charge in [-0.05, 0) is 30.7 Å². The largest absolute Gasteiger partial charge is 0.492 e. The van der Waals surface area contributed by atoms with E-state index >= 15 is 0 Å². The molecule has 3 aromatic carbocycles. The smallest absolute Gasteiger partial charge is 0.141 e. The molecule has 0 spiro atoms. The molecule has 0 N–H and O–H groups in total. The van der Waals surface area contributed by atoms with Crippen LogP contribution < -0.4 is 4.74 Å². The van der Waals surface area contributed by atoms with Crippen LogP contribution in [0.1, 0.15) is 6.42 Å². The van der Waals surface area contributed by atoms with Crippen molar-refractivity contribution < 1.29 is 4.74 Å². The van der Waals surface area contributed by atoms with Gasteiger partial charge in [0.25, 0.3) is 0 Å². The number of hydrogen-bond acceptors (Lipinski definition) is 2. The van der Waals surface area contributed by atoms with E-state index in [-0.39, 0.29) is 0 Å². The Labute approximate surface area is 157 Å². The normalized spacial score (nSPS) is 11.0. The van der Waals surface area contributed by atoms with Gasteiger partial charge in [0.2, 0.25) is 0 Å². The van der Waals surface area contributed by atoms with Crippen molar-refractivity contribution in [2.24, 2.45) is 0 Å². The summed E-state index contributed by atoms with van der Waals surface area (Å²) in [4.78, 5) is 4.83. The summed E-state index contributed by atoms with van der Waals surface area (Å²) in [7, 11) is 0. The minimum atomic E-state index is 0.602. The number of hydrogen-bond donors (Lipinski definition) is 0. The number of nitrogens with zero attached hydrogens (tertiary/aromatic N) is 2. The molecular formula is C22H19ClN2O. The first kappa shape index (κ1) is 16.7. The third kappa shape index (κ3) is 3.44. The molecule has 26 heavy (non-hydrogen) atoms. The summed E-state index contributed by atoms with van der Waals surface area (Å²) < 4.78 is 8.09. The molecule has 0 atom stereocenters. The molecule has 130 valence electrons. The van der Waals surface area contributed by atoms with Crippen molar-refractivity contribution in [3.05, 3.63) is 83.9 Å². The standard InChI is InChI=1S/C22H19ClN2O/c23-18-11-4-7-14-21(18)26-16-8-15-25-20-13-6-5-12-19(20)24-22(25)17-9-2-1-3-10-17/h1-7,9-14H,8,15-16H2. The van der Waals surface area contributed by atoms with E-state index < -0.39 is 0 Å². The first-order chi connectivity index (χ1) is 12.8. The second kappa shape index (κ2) is 7.63. The second-order valence-electron chi connectivity index (χ2n) is 6.07. The van der Waals surface area contributed by atoms with Crippen LogP contribution in [0.25, 0.3) is 22.4 Å². The number of aromatic nitrogens is 2. The van der Waals surface area contributed by atoms with Gasteiger partial charge in [0.05, 0.1) is 22.7 Å². The highest BCUT2D eigenvalue weighted by Gasteiger charge is 2.12. The van der Waals surface area contributed by atoms with E-state index in [4.69, 9.17) is 21.3 Å². The van der Waals surface area contributed by atoms with E-state index in [1.807, 2.05) is 48.5 Å². The molecule has 0 aliphatic rings. The quantitative estimate of drug-likeness (QED) is 0.404. The number of fused-ring (bicyclic) bond motifs is 1. The van der Waals surface area contributed by atoms with Crippen molar-refractivity contribution >= 4 is 22.6 Å².